The number of benzene rings is 3. The van der Waals surface area contributed by atoms with Crippen LogP contribution in [0.1, 0.15) is 31.4 Å². The fourth-order valence-electron chi connectivity index (χ4n) is 3.71. The van der Waals surface area contributed by atoms with E-state index in [1.807, 2.05) is 6.92 Å². The second kappa shape index (κ2) is 15.1. The maximum atomic E-state index is 12.9. The van der Waals surface area contributed by atoms with E-state index >= 15 is 0 Å². The largest absolute Gasteiger partial charge is 0.506 e. The van der Waals surface area contributed by atoms with Crippen LogP contribution in [0.25, 0.3) is 0 Å². The van der Waals surface area contributed by atoms with Crippen LogP contribution in [0, 0.1) is 0 Å². The number of halogens is 3. The van der Waals surface area contributed by atoms with E-state index in [9.17, 15) is 14.7 Å². The molecule has 0 bridgehead atoms. The van der Waals surface area contributed by atoms with E-state index < -0.39 is 18.3 Å². The summed E-state index contributed by atoms with van der Waals surface area (Å²) in [6.07, 6.45) is 1.65. The van der Waals surface area contributed by atoms with Crippen LogP contribution in [0.5, 0.6) is 5.75 Å². The summed E-state index contributed by atoms with van der Waals surface area (Å²) in [5.74, 6) is -0.393. The molecule has 0 saturated carbocycles. The minimum Gasteiger partial charge on any atom is -0.506 e. The van der Waals surface area contributed by atoms with Gasteiger partial charge in [-0.05, 0) is 90.3 Å². The molecule has 3 rings (SSSR count). The molecule has 0 aromatic heterocycles. The Morgan fingerprint density at radius 2 is 1.74 bits per heavy atom. The molecule has 39 heavy (non-hydrogen) atoms. The first-order valence-corrected chi connectivity index (χ1v) is 14.4. The number of nitrogens with one attached hydrogen (secondary N) is 2. The summed E-state index contributed by atoms with van der Waals surface area (Å²) < 4.78 is 13.8. The van der Waals surface area contributed by atoms with Crippen LogP contribution < -0.4 is 16.4 Å². The van der Waals surface area contributed by atoms with Gasteiger partial charge in [-0.25, -0.2) is 4.79 Å². The number of hydrogen-bond donors (Lipinski definition) is 4. The van der Waals surface area contributed by atoms with Crippen molar-refractivity contribution < 1.29 is 24.2 Å². The van der Waals surface area contributed by atoms with Crippen LogP contribution in [0.15, 0.2) is 86.2 Å². The number of carbonyl (C=O) groups excluding carboxylic acids is 2. The van der Waals surface area contributed by atoms with Gasteiger partial charge in [-0.1, -0.05) is 50.1 Å². The van der Waals surface area contributed by atoms with Crippen molar-refractivity contribution in [3.05, 3.63) is 91.8 Å². The average Bonchev–Trinajstić information content (AvgIpc) is 2.89. The van der Waals surface area contributed by atoms with Crippen LogP contribution in [0.3, 0.4) is 0 Å². The molecule has 0 radical (unpaired) electrons. The Labute approximate surface area is 252 Å². The Morgan fingerprint density at radius 1 is 1.03 bits per heavy atom. The molecule has 2 amide bonds. The van der Waals surface area contributed by atoms with E-state index in [-0.39, 0.29) is 11.7 Å². The lowest BCUT2D eigenvalue weighted by atomic mass is 9.99. The summed E-state index contributed by atoms with van der Waals surface area (Å²) in [4.78, 5) is 25.2. The zero-order valence-electron chi connectivity index (χ0n) is 21.0. The van der Waals surface area contributed by atoms with E-state index in [2.05, 4.69) is 58.4 Å². The first kappa shape index (κ1) is 30.7. The minimum atomic E-state index is -0.958. The Morgan fingerprint density at radius 3 is 2.44 bits per heavy atom. The summed E-state index contributed by atoms with van der Waals surface area (Å²) >= 11 is 10.1. The highest BCUT2D eigenvalue weighted by Crippen LogP contribution is 2.39. The van der Waals surface area contributed by atoms with Gasteiger partial charge < -0.3 is 25.6 Å². The van der Waals surface area contributed by atoms with Crippen molar-refractivity contribution in [2.45, 2.75) is 32.0 Å². The van der Waals surface area contributed by atoms with Crippen molar-refractivity contribution in [3.63, 3.8) is 0 Å². The third-order valence-electron chi connectivity index (χ3n) is 5.51. The number of phenolic OH excluding ortho intramolecular Hbond substituents is 1. The van der Waals surface area contributed by atoms with E-state index in [1.54, 1.807) is 66.7 Å². The smallest absolute Gasteiger partial charge is 0.412 e. The van der Waals surface area contributed by atoms with E-state index in [0.29, 0.717) is 51.0 Å². The summed E-state index contributed by atoms with van der Waals surface area (Å²) in [6, 6.07) is 17.4. The predicted molar refractivity (Wildman–Crippen MR) is 164 cm³/mol. The number of anilines is 3. The van der Waals surface area contributed by atoms with Crippen molar-refractivity contribution in [1.82, 2.24) is 0 Å². The molecular formula is C28H28Br3N3O5. The van der Waals surface area contributed by atoms with Crippen LogP contribution in [0.2, 0.25) is 0 Å². The molecule has 2 atom stereocenters. The zero-order valence-corrected chi connectivity index (χ0v) is 25.8. The number of aromatic hydroxyl groups is 1. The van der Waals surface area contributed by atoms with Gasteiger partial charge in [0.15, 0.2) is 6.10 Å². The van der Waals surface area contributed by atoms with Gasteiger partial charge in [0.2, 0.25) is 5.91 Å². The number of allylic oxidation sites excluding steroid dienone is 1. The number of amides is 2. The molecular weight excluding hydrogens is 698 g/mol. The lowest BCUT2D eigenvalue weighted by Crippen LogP contribution is -2.29. The molecule has 0 aliphatic heterocycles. The number of nitrogens with two attached hydrogens (primary N) is 1. The number of ether oxygens (including phenoxy) is 2. The average molecular weight is 726 g/mol. The molecule has 0 aliphatic carbocycles. The number of rotatable bonds is 11. The van der Waals surface area contributed by atoms with Crippen molar-refractivity contribution in [3.8, 4) is 5.75 Å². The molecule has 0 aliphatic rings. The zero-order chi connectivity index (χ0) is 28.4. The maximum absolute atomic E-state index is 12.9. The summed E-state index contributed by atoms with van der Waals surface area (Å²) in [7, 11) is 0. The monoisotopic (exact) mass is 723 g/mol. The van der Waals surface area contributed by atoms with Crippen LogP contribution in [0.4, 0.5) is 21.9 Å². The number of carbonyl (C=O) groups is 2. The van der Waals surface area contributed by atoms with Gasteiger partial charge in [0.1, 0.15) is 5.75 Å². The molecule has 0 spiro atoms. The standard InChI is InChI=1S/C28H28Br3N3O5/c1-2-38-24(9-5-6-10-25(35)34-23-8-4-3-7-22(23)32)27(20-15-18(30)16-21(31)26(20)36)39-28(37)33-19-13-11-17(29)12-14-19/h3-4,6-8,10-16,24,27,36H,2,5,9,32H2,1H3,(H,33,37)(H,34,35)/b10-6+/t24-,27-/m0/s1. The predicted octanol–water partition coefficient (Wildman–Crippen LogP) is 7.93. The molecule has 0 saturated heterocycles. The van der Waals surface area contributed by atoms with E-state index in [1.165, 1.54) is 6.08 Å². The lowest BCUT2D eigenvalue weighted by Gasteiger charge is -2.28. The molecule has 0 heterocycles. The van der Waals surface area contributed by atoms with E-state index in [0.717, 1.165) is 4.47 Å². The number of para-hydroxylation sites is 2. The van der Waals surface area contributed by atoms with Gasteiger partial charge in [-0.15, -0.1) is 0 Å². The topological polar surface area (TPSA) is 123 Å². The second-order valence-electron chi connectivity index (χ2n) is 8.33. The summed E-state index contributed by atoms with van der Waals surface area (Å²) in [5, 5.41) is 16.3. The Balaban J connectivity index is 1.77. The minimum absolute atomic E-state index is 0.0697. The molecule has 0 fully saturated rings. The fraction of sp³-hybridized carbons (Fsp3) is 0.214. The lowest BCUT2D eigenvalue weighted by molar-refractivity contribution is -0.111. The Bertz CT molecular complexity index is 1320. The van der Waals surface area contributed by atoms with Crippen molar-refractivity contribution >= 4 is 76.9 Å². The van der Waals surface area contributed by atoms with Crippen LogP contribution in [-0.2, 0) is 14.3 Å². The number of nitrogen functional groups attached to an aromatic ring is 1. The number of phenols is 1. The highest BCUT2D eigenvalue weighted by Gasteiger charge is 2.31. The molecule has 11 heteroatoms. The normalized spacial score (nSPS) is 12.6. The molecule has 0 unspecified atom stereocenters. The van der Waals surface area contributed by atoms with Crippen LogP contribution in [-0.4, -0.2) is 29.8 Å². The Hall–Kier alpha value is -2.86. The van der Waals surface area contributed by atoms with Gasteiger partial charge in [-0.2, -0.15) is 0 Å². The molecule has 5 N–H and O–H groups in total. The third-order valence-corrected chi connectivity index (χ3v) is 7.10. The molecule has 206 valence electrons. The van der Waals surface area contributed by atoms with Crippen molar-refractivity contribution in [2.24, 2.45) is 0 Å². The Kier molecular flexibility index (Phi) is 11.9. The van der Waals surface area contributed by atoms with Crippen LogP contribution >= 0.6 is 47.8 Å². The first-order valence-electron chi connectivity index (χ1n) is 12.0. The number of hydrogen-bond acceptors (Lipinski definition) is 6. The summed E-state index contributed by atoms with van der Waals surface area (Å²) in [5.41, 5.74) is 7.79. The highest BCUT2D eigenvalue weighted by molar-refractivity contribution is 9.11. The van der Waals surface area contributed by atoms with Gasteiger partial charge in [0, 0.05) is 26.8 Å². The fourth-order valence-corrected chi connectivity index (χ4v) is 5.23. The molecule has 8 nitrogen and oxygen atoms in total. The SMILES string of the molecule is CCO[C@@H](CC/C=C/C(=O)Nc1ccccc1N)[C@@H](OC(=O)Nc1ccc(Br)cc1)c1cc(Br)cc(Br)c1O. The molecule has 3 aromatic carbocycles. The third kappa shape index (κ3) is 9.38. The van der Waals surface area contributed by atoms with Crippen molar-refractivity contribution in [2.75, 3.05) is 23.0 Å². The summed E-state index contributed by atoms with van der Waals surface area (Å²) in [6.45, 7) is 2.17. The maximum Gasteiger partial charge on any atom is 0.412 e. The van der Waals surface area contributed by atoms with Gasteiger partial charge in [0.25, 0.3) is 0 Å². The molecule has 3 aromatic rings. The van der Waals surface area contributed by atoms with E-state index in [4.69, 9.17) is 15.2 Å². The second-order valence-corrected chi connectivity index (χ2v) is 11.0. The first-order chi connectivity index (χ1) is 18.7. The highest BCUT2D eigenvalue weighted by atomic mass is 79.9. The van der Waals surface area contributed by atoms with Gasteiger partial charge in [-0.3, -0.25) is 10.1 Å². The van der Waals surface area contributed by atoms with Gasteiger partial charge >= 0.3 is 6.09 Å². The van der Waals surface area contributed by atoms with Crippen molar-refractivity contribution in [1.29, 1.82) is 0 Å². The quantitative estimate of drug-likeness (QED) is 0.118. The van der Waals surface area contributed by atoms with Gasteiger partial charge in [0.05, 0.1) is 22.0 Å².